The van der Waals surface area contributed by atoms with Crippen molar-refractivity contribution in [3.8, 4) is 0 Å². The lowest BCUT2D eigenvalue weighted by Gasteiger charge is -2.38. The highest BCUT2D eigenvalue weighted by Gasteiger charge is 2.25. The van der Waals surface area contributed by atoms with Crippen LogP contribution in [0.4, 0.5) is 5.69 Å². The molecule has 1 heterocycles. The van der Waals surface area contributed by atoms with Gasteiger partial charge in [0.05, 0.1) is 25.4 Å². The van der Waals surface area contributed by atoms with E-state index in [1.54, 1.807) is 0 Å². The number of rotatable bonds is 3. The van der Waals surface area contributed by atoms with Gasteiger partial charge >= 0.3 is 0 Å². The lowest BCUT2D eigenvalue weighted by Crippen LogP contribution is -2.48. The number of ether oxygens (including phenoxy) is 1. The Morgan fingerprint density at radius 3 is 2.76 bits per heavy atom. The molecule has 0 aromatic heterocycles. The molecule has 0 bridgehead atoms. The minimum absolute atomic E-state index is 0.0299. The lowest BCUT2D eigenvalue weighted by molar-refractivity contribution is -0.0421. The highest BCUT2D eigenvalue weighted by atomic mass is 16.5. The molecule has 94 valence electrons. The van der Waals surface area contributed by atoms with Crippen molar-refractivity contribution in [1.82, 2.24) is 0 Å². The molecule has 0 spiro atoms. The Kier molecular flexibility index (Phi) is 3.99. The van der Waals surface area contributed by atoms with Crippen molar-refractivity contribution in [2.24, 2.45) is 0 Å². The molecule has 2 N–H and O–H groups in total. The standard InChI is InChI=1S/C13H19NO3/c1-10-6-14(7-12(9-16)17-10)13-5-3-2-4-11(13)8-15/h2-5,10,12,15-16H,6-9H2,1H3. The van der Waals surface area contributed by atoms with Gasteiger partial charge < -0.3 is 19.8 Å². The summed E-state index contributed by atoms with van der Waals surface area (Å²) in [4.78, 5) is 2.17. The molecule has 1 fully saturated rings. The van der Waals surface area contributed by atoms with Gasteiger partial charge in [-0.2, -0.15) is 0 Å². The SMILES string of the molecule is CC1CN(c2ccccc2CO)CC(CO)O1. The van der Waals surface area contributed by atoms with Gasteiger partial charge in [0, 0.05) is 24.3 Å². The van der Waals surface area contributed by atoms with Crippen LogP contribution in [0.5, 0.6) is 0 Å². The molecule has 2 atom stereocenters. The van der Waals surface area contributed by atoms with Crippen LogP contribution in [0.3, 0.4) is 0 Å². The molecule has 17 heavy (non-hydrogen) atoms. The first-order valence-electron chi connectivity index (χ1n) is 5.94. The zero-order chi connectivity index (χ0) is 12.3. The summed E-state index contributed by atoms with van der Waals surface area (Å²) in [5.74, 6) is 0. The first kappa shape index (κ1) is 12.4. The summed E-state index contributed by atoms with van der Waals surface area (Å²) >= 11 is 0. The molecule has 0 aliphatic carbocycles. The summed E-state index contributed by atoms with van der Waals surface area (Å²) in [5.41, 5.74) is 1.95. The predicted molar refractivity (Wildman–Crippen MR) is 66.0 cm³/mol. The van der Waals surface area contributed by atoms with E-state index in [-0.39, 0.29) is 25.4 Å². The average Bonchev–Trinajstić information content (AvgIpc) is 2.37. The van der Waals surface area contributed by atoms with Gasteiger partial charge in [-0.15, -0.1) is 0 Å². The van der Waals surface area contributed by atoms with E-state index in [1.807, 2.05) is 31.2 Å². The fourth-order valence-electron chi connectivity index (χ4n) is 2.30. The monoisotopic (exact) mass is 237 g/mol. The maximum Gasteiger partial charge on any atom is 0.0984 e. The highest BCUT2D eigenvalue weighted by Crippen LogP contribution is 2.24. The second kappa shape index (κ2) is 5.49. The van der Waals surface area contributed by atoms with Gasteiger partial charge in [-0.05, 0) is 13.0 Å². The van der Waals surface area contributed by atoms with Gasteiger partial charge in [0.2, 0.25) is 0 Å². The molecule has 1 aromatic rings. The maximum atomic E-state index is 9.33. The third kappa shape index (κ3) is 2.77. The molecular formula is C13H19NO3. The number of benzene rings is 1. The van der Waals surface area contributed by atoms with Crippen LogP contribution in [0, 0.1) is 0 Å². The van der Waals surface area contributed by atoms with Gasteiger partial charge in [-0.25, -0.2) is 0 Å². The molecule has 4 heteroatoms. The molecular weight excluding hydrogens is 218 g/mol. The normalized spacial score (nSPS) is 25.0. The zero-order valence-electron chi connectivity index (χ0n) is 10.0. The highest BCUT2D eigenvalue weighted by molar-refractivity contribution is 5.53. The number of nitrogens with zero attached hydrogens (tertiary/aromatic N) is 1. The number of hydrogen-bond donors (Lipinski definition) is 2. The Morgan fingerprint density at radius 1 is 1.29 bits per heavy atom. The van der Waals surface area contributed by atoms with Crippen molar-refractivity contribution in [3.05, 3.63) is 29.8 Å². The molecule has 1 aromatic carbocycles. The fraction of sp³-hybridized carbons (Fsp3) is 0.538. The topological polar surface area (TPSA) is 52.9 Å². The Morgan fingerprint density at radius 2 is 2.06 bits per heavy atom. The number of hydrogen-bond acceptors (Lipinski definition) is 4. The third-order valence-corrected chi connectivity index (χ3v) is 3.03. The van der Waals surface area contributed by atoms with Gasteiger partial charge in [0.25, 0.3) is 0 Å². The van der Waals surface area contributed by atoms with Crippen LogP contribution in [-0.2, 0) is 11.3 Å². The molecule has 1 aliphatic rings. The second-order valence-corrected chi connectivity index (χ2v) is 4.44. The van der Waals surface area contributed by atoms with Crippen molar-refractivity contribution in [3.63, 3.8) is 0 Å². The van der Waals surface area contributed by atoms with Gasteiger partial charge in [-0.3, -0.25) is 0 Å². The van der Waals surface area contributed by atoms with Crippen molar-refractivity contribution in [1.29, 1.82) is 0 Å². The molecule has 0 radical (unpaired) electrons. The van der Waals surface area contributed by atoms with Crippen LogP contribution in [0.25, 0.3) is 0 Å². The minimum atomic E-state index is -0.148. The molecule has 0 amide bonds. The van der Waals surface area contributed by atoms with Crippen LogP contribution >= 0.6 is 0 Å². The summed E-state index contributed by atoms with van der Waals surface area (Å²) in [5, 5.41) is 18.5. The van der Waals surface area contributed by atoms with Crippen LogP contribution in [0.15, 0.2) is 24.3 Å². The lowest BCUT2D eigenvalue weighted by atomic mass is 10.1. The van der Waals surface area contributed by atoms with Crippen molar-refractivity contribution < 1.29 is 14.9 Å². The van der Waals surface area contributed by atoms with Gasteiger partial charge in [0.1, 0.15) is 0 Å². The molecule has 1 aliphatic heterocycles. The Balaban J connectivity index is 2.20. The van der Waals surface area contributed by atoms with E-state index in [4.69, 9.17) is 4.74 Å². The van der Waals surface area contributed by atoms with E-state index >= 15 is 0 Å². The third-order valence-electron chi connectivity index (χ3n) is 3.03. The summed E-state index contributed by atoms with van der Waals surface area (Å²) in [7, 11) is 0. The molecule has 2 rings (SSSR count). The number of aliphatic hydroxyl groups is 2. The maximum absolute atomic E-state index is 9.33. The van der Waals surface area contributed by atoms with Crippen LogP contribution in [0.1, 0.15) is 12.5 Å². The quantitative estimate of drug-likeness (QED) is 0.815. The van der Waals surface area contributed by atoms with Crippen molar-refractivity contribution in [2.45, 2.75) is 25.7 Å². The average molecular weight is 237 g/mol. The van der Waals surface area contributed by atoms with E-state index in [0.717, 1.165) is 17.8 Å². The summed E-state index contributed by atoms with van der Waals surface area (Å²) in [6.07, 6.45) is -0.0573. The summed E-state index contributed by atoms with van der Waals surface area (Å²) in [6.45, 7) is 3.51. The smallest absolute Gasteiger partial charge is 0.0984 e. The van der Waals surface area contributed by atoms with Crippen LogP contribution in [0.2, 0.25) is 0 Å². The Hall–Kier alpha value is -1.10. The molecule has 1 saturated heterocycles. The van der Waals surface area contributed by atoms with E-state index in [2.05, 4.69) is 4.90 Å². The molecule has 4 nitrogen and oxygen atoms in total. The zero-order valence-corrected chi connectivity index (χ0v) is 10.0. The van der Waals surface area contributed by atoms with E-state index in [0.29, 0.717) is 6.54 Å². The van der Waals surface area contributed by atoms with Crippen molar-refractivity contribution >= 4 is 5.69 Å². The fourth-order valence-corrected chi connectivity index (χ4v) is 2.30. The van der Waals surface area contributed by atoms with Crippen LogP contribution in [-0.4, -0.2) is 42.1 Å². The number of aliphatic hydroxyl groups excluding tert-OH is 2. The molecule has 2 unspecified atom stereocenters. The van der Waals surface area contributed by atoms with Gasteiger partial charge in [0.15, 0.2) is 0 Å². The Labute approximate surface area is 101 Å². The summed E-state index contributed by atoms with van der Waals surface area (Å²) < 4.78 is 5.61. The second-order valence-electron chi connectivity index (χ2n) is 4.44. The van der Waals surface area contributed by atoms with E-state index in [9.17, 15) is 10.2 Å². The number of anilines is 1. The first-order valence-corrected chi connectivity index (χ1v) is 5.94. The Bertz CT molecular complexity index is 369. The van der Waals surface area contributed by atoms with Crippen molar-refractivity contribution in [2.75, 3.05) is 24.6 Å². The first-order chi connectivity index (χ1) is 8.24. The summed E-state index contributed by atoms with van der Waals surface area (Å²) in [6, 6.07) is 7.80. The number of para-hydroxylation sites is 1. The minimum Gasteiger partial charge on any atom is -0.394 e. The predicted octanol–water partition coefficient (Wildman–Crippen LogP) is 0.765. The largest absolute Gasteiger partial charge is 0.394 e. The number of morpholine rings is 1. The van der Waals surface area contributed by atoms with E-state index < -0.39 is 0 Å². The molecule has 0 saturated carbocycles. The van der Waals surface area contributed by atoms with Gasteiger partial charge in [-0.1, -0.05) is 18.2 Å². The van der Waals surface area contributed by atoms with E-state index in [1.165, 1.54) is 0 Å². The van der Waals surface area contributed by atoms with Crippen LogP contribution < -0.4 is 4.90 Å².